The van der Waals surface area contributed by atoms with E-state index in [0.29, 0.717) is 19.6 Å². The largest absolute Gasteiger partial charge is 0.416 e. The predicted molar refractivity (Wildman–Crippen MR) is 84.6 cm³/mol. The Morgan fingerprint density at radius 2 is 2.04 bits per heavy atom. The zero-order valence-electron chi connectivity index (χ0n) is 13.6. The first-order valence-electron chi connectivity index (χ1n) is 8.12. The quantitative estimate of drug-likeness (QED) is 0.881. The summed E-state index contributed by atoms with van der Waals surface area (Å²) in [6.07, 6.45) is -2.55. The molecule has 0 aliphatic carbocycles. The van der Waals surface area contributed by atoms with E-state index in [4.69, 9.17) is 0 Å². The highest BCUT2D eigenvalue weighted by Crippen LogP contribution is 2.30. The van der Waals surface area contributed by atoms with E-state index in [2.05, 4.69) is 5.32 Å². The van der Waals surface area contributed by atoms with E-state index in [9.17, 15) is 23.1 Å². The molecule has 24 heavy (non-hydrogen) atoms. The standard InChI is InChI=1S/C17H23F3N2O2/c1-12(14-4-6-15(7-5-14)17(18,19)20)9-21-16(24)22-8-2-3-13(10-22)11-23/h4-7,12-13,23H,2-3,8-11H2,1H3,(H,21,24)/t12-,13+/m1/s1. The summed E-state index contributed by atoms with van der Waals surface area (Å²) >= 11 is 0. The second-order valence-electron chi connectivity index (χ2n) is 6.34. The topological polar surface area (TPSA) is 52.6 Å². The normalized spacial score (nSPS) is 19.9. The summed E-state index contributed by atoms with van der Waals surface area (Å²) in [5.41, 5.74) is 0.0704. The molecule has 1 aromatic carbocycles. The molecule has 2 atom stereocenters. The number of carbonyl (C=O) groups is 1. The van der Waals surface area contributed by atoms with Crippen molar-refractivity contribution < 1.29 is 23.1 Å². The van der Waals surface area contributed by atoms with Gasteiger partial charge in [-0.25, -0.2) is 4.79 Å². The lowest BCUT2D eigenvalue weighted by Gasteiger charge is -2.32. The monoisotopic (exact) mass is 344 g/mol. The molecule has 2 N–H and O–H groups in total. The molecule has 0 aromatic heterocycles. The molecule has 1 saturated heterocycles. The van der Waals surface area contributed by atoms with Crippen LogP contribution in [-0.2, 0) is 6.18 Å². The summed E-state index contributed by atoms with van der Waals surface area (Å²) in [4.78, 5) is 13.8. The van der Waals surface area contributed by atoms with E-state index in [-0.39, 0.29) is 24.5 Å². The third kappa shape index (κ3) is 4.87. The summed E-state index contributed by atoms with van der Waals surface area (Å²) in [6, 6.07) is 4.82. The van der Waals surface area contributed by atoms with Crippen LogP contribution in [0, 0.1) is 5.92 Å². The van der Waals surface area contributed by atoms with E-state index >= 15 is 0 Å². The van der Waals surface area contributed by atoms with Crippen molar-refractivity contribution in [1.29, 1.82) is 0 Å². The Bertz CT molecular complexity index is 546. The van der Waals surface area contributed by atoms with Crippen molar-refractivity contribution in [3.8, 4) is 0 Å². The number of aliphatic hydroxyl groups excluding tert-OH is 1. The van der Waals surface area contributed by atoms with Crippen LogP contribution >= 0.6 is 0 Å². The van der Waals surface area contributed by atoms with Crippen LogP contribution in [0.5, 0.6) is 0 Å². The molecule has 2 rings (SSSR count). The molecule has 4 nitrogen and oxygen atoms in total. The summed E-state index contributed by atoms with van der Waals surface area (Å²) in [5, 5.41) is 12.0. The number of nitrogens with zero attached hydrogens (tertiary/aromatic N) is 1. The maximum Gasteiger partial charge on any atom is 0.416 e. The van der Waals surface area contributed by atoms with E-state index in [1.54, 1.807) is 4.90 Å². The predicted octanol–water partition coefficient (Wildman–Crippen LogP) is 3.22. The van der Waals surface area contributed by atoms with Gasteiger partial charge >= 0.3 is 12.2 Å². The first-order chi connectivity index (χ1) is 11.3. The van der Waals surface area contributed by atoms with Gasteiger partial charge in [0.2, 0.25) is 0 Å². The van der Waals surface area contributed by atoms with Crippen molar-refractivity contribution in [3.63, 3.8) is 0 Å². The number of hydrogen-bond acceptors (Lipinski definition) is 2. The zero-order chi connectivity index (χ0) is 17.7. The number of aliphatic hydroxyl groups is 1. The molecule has 0 unspecified atom stereocenters. The smallest absolute Gasteiger partial charge is 0.396 e. The molecule has 7 heteroatoms. The Kier molecular flexibility index (Phi) is 6.10. The van der Waals surface area contributed by atoms with Gasteiger partial charge in [0.15, 0.2) is 0 Å². The number of amides is 2. The highest BCUT2D eigenvalue weighted by Gasteiger charge is 2.30. The van der Waals surface area contributed by atoms with Crippen molar-refractivity contribution in [2.24, 2.45) is 5.92 Å². The Morgan fingerprint density at radius 1 is 1.38 bits per heavy atom. The van der Waals surface area contributed by atoms with E-state index < -0.39 is 11.7 Å². The van der Waals surface area contributed by atoms with Gasteiger partial charge in [-0.15, -0.1) is 0 Å². The maximum absolute atomic E-state index is 12.6. The number of halogens is 3. The number of urea groups is 1. The number of benzene rings is 1. The minimum atomic E-state index is -4.34. The minimum Gasteiger partial charge on any atom is -0.396 e. The van der Waals surface area contributed by atoms with Crippen molar-refractivity contribution in [3.05, 3.63) is 35.4 Å². The number of carbonyl (C=O) groups excluding carboxylic acids is 1. The lowest BCUT2D eigenvalue weighted by molar-refractivity contribution is -0.137. The van der Waals surface area contributed by atoms with Crippen LogP contribution in [0.25, 0.3) is 0 Å². The van der Waals surface area contributed by atoms with Crippen LogP contribution in [-0.4, -0.2) is 42.3 Å². The fourth-order valence-corrected chi connectivity index (χ4v) is 2.87. The Morgan fingerprint density at radius 3 is 2.62 bits per heavy atom. The van der Waals surface area contributed by atoms with Gasteiger partial charge in [0.25, 0.3) is 0 Å². The van der Waals surface area contributed by atoms with Gasteiger partial charge in [-0.1, -0.05) is 19.1 Å². The van der Waals surface area contributed by atoms with Crippen LogP contribution < -0.4 is 5.32 Å². The number of likely N-dealkylation sites (tertiary alicyclic amines) is 1. The number of alkyl halides is 3. The minimum absolute atomic E-state index is 0.0751. The molecule has 1 aromatic rings. The molecular weight excluding hydrogens is 321 g/mol. The first-order valence-corrected chi connectivity index (χ1v) is 8.12. The van der Waals surface area contributed by atoms with Crippen molar-refractivity contribution in [2.75, 3.05) is 26.2 Å². The Balaban J connectivity index is 1.86. The number of piperidine rings is 1. The van der Waals surface area contributed by atoms with E-state index in [0.717, 1.165) is 30.5 Å². The fourth-order valence-electron chi connectivity index (χ4n) is 2.87. The summed E-state index contributed by atoms with van der Waals surface area (Å²) in [7, 11) is 0. The highest BCUT2D eigenvalue weighted by molar-refractivity contribution is 5.74. The van der Waals surface area contributed by atoms with Gasteiger partial charge in [-0.05, 0) is 42.4 Å². The average molecular weight is 344 g/mol. The van der Waals surface area contributed by atoms with Crippen LogP contribution in [0.2, 0.25) is 0 Å². The van der Waals surface area contributed by atoms with Crippen molar-refractivity contribution in [1.82, 2.24) is 10.2 Å². The van der Waals surface area contributed by atoms with Crippen LogP contribution in [0.1, 0.15) is 36.8 Å². The number of hydrogen-bond donors (Lipinski definition) is 2. The Labute approximate surface area is 139 Å². The molecule has 1 aliphatic rings. The van der Waals surface area contributed by atoms with Gasteiger partial charge in [0.05, 0.1) is 5.56 Å². The molecule has 134 valence electrons. The molecule has 0 spiro atoms. The van der Waals surface area contributed by atoms with Crippen molar-refractivity contribution in [2.45, 2.75) is 31.9 Å². The second kappa shape index (κ2) is 7.88. The number of nitrogens with one attached hydrogen (secondary N) is 1. The molecular formula is C17H23F3N2O2. The first kappa shape index (κ1) is 18.6. The third-order valence-electron chi connectivity index (χ3n) is 4.43. The lowest BCUT2D eigenvalue weighted by Crippen LogP contribution is -2.46. The Hall–Kier alpha value is -1.76. The molecule has 2 amide bonds. The molecule has 0 saturated carbocycles. The van der Waals surface area contributed by atoms with Gasteiger partial charge in [-0.2, -0.15) is 13.2 Å². The molecule has 1 fully saturated rings. The maximum atomic E-state index is 12.6. The lowest BCUT2D eigenvalue weighted by atomic mass is 9.99. The van der Waals surface area contributed by atoms with E-state index in [1.807, 2.05) is 6.92 Å². The van der Waals surface area contributed by atoms with E-state index in [1.165, 1.54) is 12.1 Å². The van der Waals surface area contributed by atoms with Crippen LogP contribution in [0.3, 0.4) is 0 Å². The van der Waals surface area contributed by atoms with Crippen molar-refractivity contribution >= 4 is 6.03 Å². The molecule has 1 aliphatic heterocycles. The average Bonchev–Trinajstić information content (AvgIpc) is 2.58. The van der Waals surface area contributed by atoms with Crippen LogP contribution in [0.15, 0.2) is 24.3 Å². The SMILES string of the molecule is C[C@H](CNC(=O)N1CCC[C@H](CO)C1)c1ccc(C(F)(F)F)cc1. The van der Waals surface area contributed by atoms with Gasteiger partial charge in [0, 0.05) is 26.2 Å². The highest BCUT2D eigenvalue weighted by atomic mass is 19.4. The molecule has 0 bridgehead atoms. The summed E-state index contributed by atoms with van der Waals surface area (Å²) in [6.45, 7) is 3.49. The third-order valence-corrected chi connectivity index (χ3v) is 4.43. The number of rotatable bonds is 4. The fraction of sp³-hybridized carbons (Fsp3) is 0.588. The summed E-state index contributed by atoms with van der Waals surface area (Å²) < 4.78 is 37.7. The summed E-state index contributed by atoms with van der Waals surface area (Å²) in [5.74, 6) is 0.0338. The molecule has 1 heterocycles. The zero-order valence-corrected chi connectivity index (χ0v) is 13.6. The van der Waals surface area contributed by atoms with Gasteiger partial charge in [-0.3, -0.25) is 0 Å². The van der Waals surface area contributed by atoms with Crippen LogP contribution in [0.4, 0.5) is 18.0 Å². The van der Waals surface area contributed by atoms with Gasteiger partial charge < -0.3 is 15.3 Å². The van der Waals surface area contributed by atoms with Gasteiger partial charge in [0.1, 0.15) is 0 Å². The second-order valence-corrected chi connectivity index (χ2v) is 6.34. The molecule has 0 radical (unpaired) electrons.